The van der Waals surface area contributed by atoms with Gasteiger partial charge in [-0.25, -0.2) is 0 Å². The third kappa shape index (κ3) is 3.43. The molecule has 0 saturated carbocycles. The molecule has 0 aliphatic heterocycles. The van der Waals surface area contributed by atoms with Crippen molar-refractivity contribution in [2.24, 2.45) is 0 Å². The van der Waals surface area contributed by atoms with Gasteiger partial charge >= 0.3 is 0 Å². The van der Waals surface area contributed by atoms with E-state index >= 15 is 0 Å². The number of furan rings is 1. The van der Waals surface area contributed by atoms with Crippen molar-refractivity contribution in [1.29, 1.82) is 0 Å². The van der Waals surface area contributed by atoms with Crippen LogP contribution in [0.4, 0.5) is 0 Å². The average Bonchev–Trinajstić information content (AvgIpc) is 3.24. The Bertz CT molecular complexity index is 799. The second-order valence-electron chi connectivity index (χ2n) is 4.95. The Hall–Kier alpha value is -2.60. The molecule has 0 saturated heterocycles. The molecule has 0 atom stereocenters. The van der Waals surface area contributed by atoms with E-state index in [0.29, 0.717) is 41.0 Å². The molecule has 6 nitrogen and oxygen atoms in total. The van der Waals surface area contributed by atoms with Crippen LogP contribution in [0.3, 0.4) is 0 Å². The zero-order valence-corrected chi connectivity index (χ0v) is 13.2. The van der Waals surface area contributed by atoms with Gasteiger partial charge in [-0.15, -0.1) is 0 Å². The number of carbonyl (C=O) groups excluding carboxylic acids is 1. The van der Waals surface area contributed by atoms with Gasteiger partial charge in [-0.2, -0.15) is 4.98 Å². The van der Waals surface area contributed by atoms with Crippen LogP contribution in [0.2, 0.25) is 5.02 Å². The first-order valence-corrected chi connectivity index (χ1v) is 7.39. The predicted molar refractivity (Wildman–Crippen MR) is 84.1 cm³/mol. The van der Waals surface area contributed by atoms with Crippen LogP contribution in [0.1, 0.15) is 16.4 Å². The topological polar surface area (TPSA) is 72.4 Å². The standard InChI is InChI=1S/C16H14ClN3O3/c1-20(16(21)13-7-4-10-22-13)9-8-14-18-15(23-19-14)11-5-2-3-6-12(11)17/h2-7,10H,8-9H2,1H3. The van der Waals surface area contributed by atoms with E-state index in [9.17, 15) is 4.79 Å². The van der Waals surface area contributed by atoms with E-state index in [0.717, 1.165) is 0 Å². The van der Waals surface area contributed by atoms with Crippen molar-refractivity contribution in [2.75, 3.05) is 13.6 Å². The molecule has 118 valence electrons. The number of hydrogen-bond donors (Lipinski definition) is 0. The number of nitrogens with zero attached hydrogens (tertiary/aromatic N) is 3. The van der Waals surface area contributed by atoms with Crippen LogP contribution in [0.5, 0.6) is 0 Å². The molecule has 0 aliphatic rings. The zero-order valence-electron chi connectivity index (χ0n) is 12.4. The molecule has 7 heteroatoms. The molecule has 0 N–H and O–H groups in total. The zero-order chi connectivity index (χ0) is 16.2. The lowest BCUT2D eigenvalue weighted by atomic mass is 10.2. The monoisotopic (exact) mass is 331 g/mol. The first-order valence-electron chi connectivity index (χ1n) is 7.01. The van der Waals surface area contributed by atoms with Crippen molar-refractivity contribution in [2.45, 2.75) is 6.42 Å². The van der Waals surface area contributed by atoms with E-state index < -0.39 is 0 Å². The summed E-state index contributed by atoms with van der Waals surface area (Å²) in [4.78, 5) is 17.9. The number of benzene rings is 1. The third-order valence-electron chi connectivity index (χ3n) is 3.32. The van der Waals surface area contributed by atoms with Crippen molar-refractivity contribution in [1.82, 2.24) is 15.0 Å². The number of aromatic nitrogens is 2. The van der Waals surface area contributed by atoms with Crippen LogP contribution in [0, 0.1) is 0 Å². The molecule has 3 rings (SSSR count). The van der Waals surface area contributed by atoms with Crippen LogP contribution in [0.15, 0.2) is 51.6 Å². The Morgan fingerprint density at radius 3 is 2.83 bits per heavy atom. The van der Waals surface area contributed by atoms with Gasteiger partial charge in [0.05, 0.1) is 16.8 Å². The maximum absolute atomic E-state index is 12.0. The number of carbonyl (C=O) groups is 1. The van der Waals surface area contributed by atoms with Gasteiger partial charge in [0.1, 0.15) is 0 Å². The highest BCUT2D eigenvalue weighted by Gasteiger charge is 2.16. The summed E-state index contributed by atoms with van der Waals surface area (Å²) < 4.78 is 10.3. The minimum atomic E-state index is -0.190. The van der Waals surface area contributed by atoms with Gasteiger partial charge < -0.3 is 13.8 Å². The van der Waals surface area contributed by atoms with Crippen molar-refractivity contribution in [3.8, 4) is 11.5 Å². The molecule has 0 bridgehead atoms. The van der Waals surface area contributed by atoms with Crippen LogP contribution in [0.25, 0.3) is 11.5 Å². The van der Waals surface area contributed by atoms with Gasteiger partial charge in [0.15, 0.2) is 11.6 Å². The normalized spacial score (nSPS) is 10.7. The molecule has 0 radical (unpaired) electrons. The van der Waals surface area contributed by atoms with Gasteiger partial charge in [0.25, 0.3) is 11.8 Å². The van der Waals surface area contributed by atoms with E-state index in [-0.39, 0.29) is 5.91 Å². The smallest absolute Gasteiger partial charge is 0.289 e. The molecule has 2 aromatic heterocycles. The maximum Gasteiger partial charge on any atom is 0.289 e. The van der Waals surface area contributed by atoms with E-state index in [1.807, 2.05) is 18.2 Å². The highest BCUT2D eigenvalue weighted by molar-refractivity contribution is 6.33. The lowest BCUT2D eigenvalue weighted by molar-refractivity contribution is 0.0764. The molecule has 2 heterocycles. The summed E-state index contributed by atoms with van der Waals surface area (Å²) in [5, 5.41) is 4.47. The second-order valence-corrected chi connectivity index (χ2v) is 5.36. The first kappa shape index (κ1) is 15.3. The quantitative estimate of drug-likeness (QED) is 0.717. The van der Waals surface area contributed by atoms with Crippen LogP contribution < -0.4 is 0 Å². The van der Waals surface area contributed by atoms with Gasteiger partial charge in [-0.1, -0.05) is 28.9 Å². The molecule has 1 aromatic carbocycles. The summed E-state index contributed by atoms with van der Waals surface area (Å²) in [5.74, 6) is 0.992. The fraction of sp³-hybridized carbons (Fsp3) is 0.188. The minimum absolute atomic E-state index is 0.190. The summed E-state index contributed by atoms with van der Waals surface area (Å²) in [5.41, 5.74) is 0.688. The van der Waals surface area contributed by atoms with Crippen LogP contribution in [-0.2, 0) is 6.42 Å². The Kier molecular flexibility index (Phi) is 4.43. The Morgan fingerprint density at radius 1 is 1.26 bits per heavy atom. The lowest BCUT2D eigenvalue weighted by Gasteiger charge is -2.14. The van der Waals surface area contributed by atoms with Crippen molar-refractivity contribution in [3.63, 3.8) is 0 Å². The third-order valence-corrected chi connectivity index (χ3v) is 3.65. The summed E-state index contributed by atoms with van der Waals surface area (Å²) >= 11 is 6.10. The highest BCUT2D eigenvalue weighted by Crippen LogP contribution is 2.25. The Morgan fingerprint density at radius 2 is 2.09 bits per heavy atom. The summed E-state index contributed by atoms with van der Waals surface area (Å²) in [6.07, 6.45) is 1.94. The summed E-state index contributed by atoms with van der Waals surface area (Å²) in [6.45, 7) is 0.445. The molecule has 0 aliphatic carbocycles. The number of likely N-dealkylation sites (N-methyl/N-ethyl adjacent to an activating group) is 1. The second kappa shape index (κ2) is 6.66. The Balaban J connectivity index is 1.64. The fourth-order valence-corrected chi connectivity index (χ4v) is 2.27. The van der Waals surface area contributed by atoms with E-state index in [4.69, 9.17) is 20.5 Å². The van der Waals surface area contributed by atoms with Crippen LogP contribution >= 0.6 is 11.6 Å². The largest absolute Gasteiger partial charge is 0.459 e. The molecule has 3 aromatic rings. The van der Waals surface area contributed by atoms with E-state index in [1.165, 1.54) is 6.26 Å². The molecular formula is C16H14ClN3O3. The lowest BCUT2D eigenvalue weighted by Crippen LogP contribution is -2.28. The molecular weight excluding hydrogens is 318 g/mol. The van der Waals surface area contributed by atoms with Gasteiger partial charge in [0, 0.05) is 20.0 Å². The van der Waals surface area contributed by atoms with Gasteiger partial charge in [-0.05, 0) is 24.3 Å². The molecule has 0 unspecified atom stereocenters. The van der Waals surface area contributed by atoms with Crippen molar-refractivity contribution < 1.29 is 13.7 Å². The molecule has 1 amide bonds. The number of amides is 1. The highest BCUT2D eigenvalue weighted by atomic mass is 35.5. The molecule has 0 spiro atoms. The van der Waals surface area contributed by atoms with E-state index in [1.54, 1.807) is 30.1 Å². The van der Waals surface area contributed by atoms with Gasteiger partial charge in [-0.3, -0.25) is 4.79 Å². The summed E-state index contributed by atoms with van der Waals surface area (Å²) in [7, 11) is 1.69. The van der Waals surface area contributed by atoms with Crippen LogP contribution in [-0.4, -0.2) is 34.5 Å². The first-order chi connectivity index (χ1) is 11.1. The molecule has 0 fully saturated rings. The number of halogens is 1. The summed E-state index contributed by atoms with van der Waals surface area (Å²) in [6, 6.07) is 10.6. The predicted octanol–water partition coefficient (Wildman–Crippen LogP) is 3.30. The molecule has 23 heavy (non-hydrogen) atoms. The number of rotatable bonds is 5. The average molecular weight is 332 g/mol. The van der Waals surface area contributed by atoms with Gasteiger partial charge in [0.2, 0.25) is 0 Å². The van der Waals surface area contributed by atoms with E-state index in [2.05, 4.69) is 10.1 Å². The fourth-order valence-electron chi connectivity index (χ4n) is 2.06. The number of hydrogen-bond acceptors (Lipinski definition) is 5. The maximum atomic E-state index is 12.0. The van der Waals surface area contributed by atoms with Crippen molar-refractivity contribution >= 4 is 17.5 Å². The SMILES string of the molecule is CN(CCc1noc(-c2ccccc2Cl)n1)C(=O)c1ccco1. The minimum Gasteiger partial charge on any atom is -0.459 e. The van der Waals surface area contributed by atoms with Crippen molar-refractivity contribution in [3.05, 3.63) is 59.3 Å². The Labute approximate surface area is 137 Å².